The molecule has 0 saturated carbocycles. The van der Waals surface area contributed by atoms with Crippen LogP contribution >= 0.6 is 0 Å². The zero-order valence-electron chi connectivity index (χ0n) is 9.25. The zero-order valence-corrected chi connectivity index (χ0v) is 9.25. The summed E-state index contributed by atoms with van der Waals surface area (Å²) in [5.74, 6) is -0.624. The Balaban J connectivity index is 2.60. The highest BCUT2D eigenvalue weighted by atomic mass is 16.5. The Labute approximate surface area is 98.1 Å². The molecular formula is C10H12N4O3. The van der Waals surface area contributed by atoms with Crippen molar-refractivity contribution in [2.75, 3.05) is 19.0 Å². The van der Waals surface area contributed by atoms with E-state index in [0.29, 0.717) is 5.82 Å². The van der Waals surface area contributed by atoms with Gasteiger partial charge in [0.25, 0.3) is 0 Å². The van der Waals surface area contributed by atoms with Crippen molar-refractivity contribution in [3.63, 3.8) is 0 Å². The van der Waals surface area contributed by atoms with Gasteiger partial charge in [-0.25, -0.2) is 9.97 Å². The molecule has 0 aliphatic rings. The minimum absolute atomic E-state index is 0.119. The van der Waals surface area contributed by atoms with Crippen molar-refractivity contribution < 1.29 is 14.6 Å². The van der Waals surface area contributed by atoms with Crippen molar-refractivity contribution in [2.24, 2.45) is 0 Å². The number of carboxylic acid groups (broad SMARTS) is 1. The van der Waals surface area contributed by atoms with Gasteiger partial charge in [0, 0.05) is 26.0 Å². The van der Waals surface area contributed by atoms with Gasteiger partial charge in [0.1, 0.15) is 6.07 Å². The summed E-state index contributed by atoms with van der Waals surface area (Å²) in [6.07, 6.45) is 2.25. The van der Waals surface area contributed by atoms with Crippen LogP contribution in [0.15, 0.2) is 12.4 Å². The van der Waals surface area contributed by atoms with Gasteiger partial charge in [0.2, 0.25) is 0 Å². The molecule has 1 heterocycles. The highest BCUT2D eigenvalue weighted by Gasteiger charge is 2.13. The summed E-state index contributed by atoms with van der Waals surface area (Å²) in [6, 6.07) is 1.88. The Morgan fingerprint density at radius 2 is 2.35 bits per heavy atom. The van der Waals surface area contributed by atoms with E-state index in [1.165, 1.54) is 19.5 Å². The molecule has 90 valence electrons. The molecule has 1 aromatic heterocycles. The lowest BCUT2D eigenvalue weighted by Gasteiger charge is -2.14. The van der Waals surface area contributed by atoms with E-state index in [-0.39, 0.29) is 18.7 Å². The quantitative estimate of drug-likeness (QED) is 0.728. The molecule has 0 fully saturated rings. The number of carboxylic acids is 1. The van der Waals surface area contributed by atoms with E-state index in [1.54, 1.807) is 0 Å². The van der Waals surface area contributed by atoms with Crippen LogP contribution in [0.4, 0.5) is 5.82 Å². The van der Waals surface area contributed by atoms with Gasteiger partial charge in [0.05, 0.1) is 12.5 Å². The average molecular weight is 236 g/mol. The van der Waals surface area contributed by atoms with Crippen molar-refractivity contribution in [2.45, 2.75) is 12.5 Å². The number of hydrogen-bond acceptors (Lipinski definition) is 6. The fraction of sp³-hybridized carbons (Fsp3) is 0.400. The number of ether oxygens (including phenoxy) is 1. The van der Waals surface area contributed by atoms with Gasteiger partial charge in [-0.3, -0.25) is 4.79 Å². The maximum Gasteiger partial charge on any atom is 0.306 e. The largest absolute Gasteiger partial charge is 0.481 e. The van der Waals surface area contributed by atoms with E-state index in [1.807, 2.05) is 6.07 Å². The third-order valence-corrected chi connectivity index (χ3v) is 2.04. The molecule has 1 atom stereocenters. The second-order valence-corrected chi connectivity index (χ2v) is 3.20. The number of aliphatic carboxylic acids is 1. The summed E-state index contributed by atoms with van der Waals surface area (Å²) in [7, 11) is 1.43. The molecule has 7 heteroatoms. The van der Waals surface area contributed by atoms with Gasteiger partial charge in [-0.1, -0.05) is 0 Å². The van der Waals surface area contributed by atoms with E-state index in [9.17, 15) is 4.79 Å². The summed E-state index contributed by atoms with van der Waals surface area (Å²) in [5, 5.41) is 20.2. The van der Waals surface area contributed by atoms with Crippen LogP contribution in [-0.4, -0.2) is 40.8 Å². The van der Waals surface area contributed by atoms with Crippen molar-refractivity contribution >= 4 is 11.8 Å². The standard InChI is InChI=1S/C10H12N4O3/c1-17-7(4-9(15)16)6-14-10-8(5-11)12-2-3-13-10/h2-3,7H,4,6H2,1H3,(H,13,14)(H,15,16). The smallest absolute Gasteiger partial charge is 0.306 e. The van der Waals surface area contributed by atoms with Crippen LogP contribution in [-0.2, 0) is 9.53 Å². The van der Waals surface area contributed by atoms with Crippen molar-refractivity contribution in [3.8, 4) is 6.07 Å². The predicted octanol–water partition coefficient (Wildman–Crippen LogP) is 0.250. The summed E-state index contributed by atoms with van der Waals surface area (Å²) in [4.78, 5) is 18.3. The van der Waals surface area contributed by atoms with Crippen LogP contribution < -0.4 is 5.32 Å². The molecule has 0 saturated heterocycles. The number of nitriles is 1. The zero-order chi connectivity index (χ0) is 12.7. The highest BCUT2D eigenvalue weighted by molar-refractivity contribution is 5.67. The topological polar surface area (TPSA) is 108 Å². The summed E-state index contributed by atoms with van der Waals surface area (Å²) < 4.78 is 4.98. The molecule has 0 aliphatic heterocycles. The van der Waals surface area contributed by atoms with E-state index in [0.717, 1.165) is 0 Å². The van der Waals surface area contributed by atoms with Crippen LogP contribution in [0.5, 0.6) is 0 Å². The molecule has 0 amide bonds. The number of carbonyl (C=O) groups is 1. The molecule has 17 heavy (non-hydrogen) atoms. The van der Waals surface area contributed by atoms with E-state index in [4.69, 9.17) is 15.1 Å². The monoisotopic (exact) mass is 236 g/mol. The molecule has 2 N–H and O–H groups in total. The number of methoxy groups -OCH3 is 1. The minimum atomic E-state index is -0.946. The fourth-order valence-corrected chi connectivity index (χ4v) is 1.19. The van der Waals surface area contributed by atoms with Gasteiger partial charge in [0.15, 0.2) is 11.5 Å². The predicted molar refractivity (Wildman–Crippen MR) is 58.3 cm³/mol. The molecule has 1 aromatic rings. The summed E-state index contributed by atoms with van der Waals surface area (Å²) in [6.45, 7) is 0.246. The molecule has 1 rings (SSSR count). The molecule has 1 unspecified atom stereocenters. The molecule has 7 nitrogen and oxygen atoms in total. The second kappa shape index (κ2) is 6.40. The Hall–Kier alpha value is -2.20. The lowest BCUT2D eigenvalue weighted by Crippen LogP contribution is -2.25. The molecule has 0 aliphatic carbocycles. The van der Waals surface area contributed by atoms with Crippen LogP contribution in [0.1, 0.15) is 12.1 Å². The van der Waals surface area contributed by atoms with Crippen molar-refractivity contribution in [3.05, 3.63) is 18.1 Å². The Kier molecular flexibility index (Phi) is 4.84. The van der Waals surface area contributed by atoms with Gasteiger partial charge >= 0.3 is 5.97 Å². The van der Waals surface area contributed by atoms with Gasteiger partial charge in [-0.05, 0) is 0 Å². The first kappa shape index (κ1) is 12.9. The van der Waals surface area contributed by atoms with E-state index in [2.05, 4.69) is 15.3 Å². The van der Waals surface area contributed by atoms with Crippen LogP contribution in [0, 0.1) is 11.3 Å². The normalized spacial score (nSPS) is 11.5. The fourth-order valence-electron chi connectivity index (χ4n) is 1.19. The molecular weight excluding hydrogens is 224 g/mol. The summed E-state index contributed by atoms with van der Waals surface area (Å²) >= 11 is 0. The number of rotatable bonds is 6. The van der Waals surface area contributed by atoms with Crippen LogP contribution in [0.2, 0.25) is 0 Å². The number of aromatic nitrogens is 2. The van der Waals surface area contributed by atoms with Crippen molar-refractivity contribution in [1.82, 2.24) is 9.97 Å². The third-order valence-electron chi connectivity index (χ3n) is 2.04. The van der Waals surface area contributed by atoms with E-state index >= 15 is 0 Å². The van der Waals surface area contributed by atoms with Crippen molar-refractivity contribution in [1.29, 1.82) is 5.26 Å². The second-order valence-electron chi connectivity index (χ2n) is 3.20. The van der Waals surface area contributed by atoms with Crippen LogP contribution in [0.25, 0.3) is 0 Å². The number of nitrogens with zero attached hydrogens (tertiary/aromatic N) is 3. The molecule has 0 radical (unpaired) electrons. The number of anilines is 1. The SMILES string of the molecule is COC(CNc1nccnc1C#N)CC(=O)O. The van der Waals surface area contributed by atoms with Gasteiger partial charge < -0.3 is 15.2 Å². The Morgan fingerprint density at radius 3 is 2.94 bits per heavy atom. The van der Waals surface area contributed by atoms with Crippen LogP contribution in [0.3, 0.4) is 0 Å². The highest BCUT2D eigenvalue weighted by Crippen LogP contribution is 2.07. The van der Waals surface area contributed by atoms with Gasteiger partial charge in [-0.15, -0.1) is 0 Å². The maximum atomic E-state index is 10.5. The Morgan fingerprint density at radius 1 is 1.65 bits per heavy atom. The minimum Gasteiger partial charge on any atom is -0.481 e. The molecule has 0 bridgehead atoms. The van der Waals surface area contributed by atoms with Gasteiger partial charge in [-0.2, -0.15) is 5.26 Å². The lowest BCUT2D eigenvalue weighted by atomic mass is 10.2. The number of hydrogen-bond donors (Lipinski definition) is 2. The third kappa shape index (κ3) is 4.04. The lowest BCUT2D eigenvalue weighted by molar-refractivity contribution is -0.139. The number of nitrogens with one attached hydrogen (secondary N) is 1. The first-order valence-corrected chi connectivity index (χ1v) is 4.87. The average Bonchev–Trinajstić information content (AvgIpc) is 2.34. The Bertz CT molecular complexity index is 430. The van der Waals surface area contributed by atoms with E-state index < -0.39 is 12.1 Å². The first-order valence-electron chi connectivity index (χ1n) is 4.87. The maximum absolute atomic E-state index is 10.5. The first-order chi connectivity index (χ1) is 8.17. The molecule has 0 aromatic carbocycles. The molecule has 0 spiro atoms. The summed E-state index contributed by atoms with van der Waals surface area (Å²) in [5.41, 5.74) is 0.165.